The first-order valence-electron chi connectivity index (χ1n) is 8.76. The third-order valence-corrected chi connectivity index (χ3v) is 9.61. The lowest BCUT2D eigenvalue weighted by atomic mass is 9.82. The molecule has 5 nitrogen and oxygen atoms in total. The molecule has 0 amide bonds. The van der Waals surface area contributed by atoms with Gasteiger partial charge in [0.25, 0.3) is 0 Å². The van der Waals surface area contributed by atoms with Crippen molar-refractivity contribution in [3.8, 4) is 0 Å². The standard InChI is InChI=1S/C20H15NO4S3/c1-20-10-28(24,25)9-15(20)27-19(26)21(20)14-8-4-7-13-16(14)18(23)12-6-3-2-5-11(12)17(13)22/h2-8,15H,9-10H2,1H3. The smallest absolute Gasteiger partial charge is 0.196 e. The summed E-state index contributed by atoms with van der Waals surface area (Å²) in [6.45, 7) is 1.87. The van der Waals surface area contributed by atoms with Crippen molar-refractivity contribution in [2.24, 2.45) is 0 Å². The van der Waals surface area contributed by atoms with Gasteiger partial charge in [-0.15, -0.1) is 0 Å². The molecule has 2 aromatic rings. The maximum atomic E-state index is 13.3. The highest BCUT2D eigenvalue weighted by atomic mass is 32.2. The van der Waals surface area contributed by atoms with Gasteiger partial charge in [-0.3, -0.25) is 9.59 Å². The van der Waals surface area contributed by atoms with Crippen LogP contribution in [0.5, 0.6) is 0 Å². The summed E-state index contributed by atoms with van der Waals surface area (Å²) in [6, 6.07) is 11.9. The summed E-state index contributed by atoms with van der Waals surface area (Å²) >= 11 is 6.93. The zero-order chi connectivity index (χ0) is 19.8. The molecule has 0 aromatic heterocycles. The quantitative estimate of drug-likeness (QED) is 0.551. The van der Waals surface area contributed by atoms with Crippen LogP contribution in [0.4, 0.5) is 5.69 Å². The molecule has 2 heterocycles. The number of sulfone groups is 1. The van der Waals surface area contributed by atoms with Crippen molar-refractivity contribution in [1.29, 1.82) is 0 Å². The lowest BCUT2D eigenvalue weighted by molar-refractivity contribution is 0.0979. The Morgan fingerprint density at radius 3 is 2.39 bits per heavy atom. The van der Waals surface area contributed by atoms with Gasteiger partial charge in [-0.1, -0.05) is 60.4 Å². The fourth-order valence-electron chi connectivity index (χ4n) is 4.45. The summed E-state index contributed by atoms with van der Waals surface area (Å²) < 4.78 is 25.1. The number of thioether (sulfide) groups is 1. The third-order valence-electron chi connectivity index (χ3n) is 5.72. The average molecular weight is 430 g/mol. The minimum atomic E-state index is -3.20. The molecule has 2 aromatic carbocycles. The molecule has 28 heavy (non-hydrogen) atoms. The van der Waals surface area contributed by atoms with Crippen molar-refractivity contribution in [2.75, 3.05) is 16.4 Å². The van der Waals surface area contributed by atoms with Crippen molar-refractivity contribution in [1.82, 2.24) is 0 Å². The molecule has 2 fully saturated rings. The number of rotatable bonds is 1. The number of anilines is 1. The van der Waals surface area contributed by atoms with Crippen LogP contribution in [-0.4, -0.2) is 46.6 Å². The Labute approximate surface area is 172 Å². The molecule has 2 atom stereocenters. The highest BCUT2D eigenvalue weighted by Gasteiger charge is 2.58. The van der Waals surface area contributed by atoms with Gasteiger partial charge in [-0.2, -0.15) is 0 Å². The zero-order valence-corrected chi connectivity index (χ0v) is 17.3. The molecule has 0 bridgehead atoms. The van der Waals surface area contributed by atoms with Crippen LogP contribution in [0, 0.1) is 0 Å². The normalized spacial score (nSPS) is 27.5. The van der Waals surface area contributed by atoms with Crippen LogP contribution < -0.4 is 4.90 Å². The molecule has 0 radical (unpaired) electrons. The second-order valence-corrected chi connectivity index (χ2v) is 11.5. The summed E-state index contributed by atoms with van der Waals surface area (Å²) in [5.74, 6) is -0.400. The fourth-order valence-corrected chi connectivity index (χ4v) is 9.36. The largest absolute Gasteiger partial charge is 0.318 e. The van der Waals surface area contributed by atoms with Gasteiger partial charge < -0.3 is 4.90 Å². The number of carbonyl (C=O) groups is 2. The number of benzene rings is 2. The lowest BCUT2D eigenvalue weighted by Crippen LogP contribution is -2.50. The van der Waals surface area contributed by atoms with E-state index in [0.717, 1.165) is 0 Å². The second kappa shape index (κ2) is 5.75. The number of carbonyl (C=O) groups excluding carboxylic acids is 2. The SMILES string of the molecule is CC12CS(=O)(=O)CC1SC(=S)N2c1cccc2c1C(=O)c1ccccc1C2=O. The number of nitrogens with zero attached hydrogens (tertiary/aromatic N) is 1. The summed E-state index contributed by atoms with van der Waals surface area (Å²) in [7, 11) is -3.20. The number of ketones is 2. The fraction of sp³-hybridized carbons (Fsp3) is 0.250. The first kappa shape index (κ1) is 18.0. The van der Waals surface area contributed by atoms with Gasteiger partial charge in [-0.05, 0) is 13.0 Å². The number of fused-ring (bicyclic) bond motifs is 3. The van der Waals surface area contributed by atoms with E-state index < -0.39 is 15.4 Å². The molecule has 0 saturated carbocycles. The molecule has 2 saturated heterocycles. The van der Waals surface area contributed by atoms with Crippen LogP contribution in [0.15, 0.2) is 42.5 Å². The zero-order valence-electron chi connectivity index (χ0n) is 14.8. The van der Waals surface area contributed by atoms with Crippen molar-refractivity contribution >= 4 is 55.4 Å². The first-order chi connectivity index (χ1) is 13.2. The van der Waals surface area contributed by atoms with Crippen LogP contribution in [0.25, 0.3) is 0 Å². The van der Waals surface area contributed by atoms with Gasteiger partial charge in [0.15, 0.2) is 21.4 Å². The van der Waals surface area contributed by atoms with Crippen molar-refractivity contribution in [3.63, 3.8) is 0 Å². The summed E-state index contributed by atoms with van der Waals surface area (Å²) in [4.78, 5) is 28.1. The predicted molar refractivity (Wildman–Crippen MR) is 113 cm³/mol. The Morgan fingerprint density at radius 2 is 1.68 bits per heavy atom. The number of thiocarbonyl (C=S) groups is 1. The van der Waals surface area contributed by atoms with Gasteiger partial charge in [0.2, 0.25) is 0 Å². The molecule has 3 aliphatic rings. The molecule has 142 valence electrons. The van der Waals surface area contributed by atoms with Gasteiger partial charge in [0, 0.05) is 16.7 Å². The van der Waals surface area contributed by atoms with Crippen LogP contribution in [0.1, 0.15) is 38.8 Å². The number of hydrogen-bond acceptors (Lipinski definition) is 6. The molecule has 2 aliphatic heterocycles. The van der Waals surface area contributed by atoms with Gasteiger partial charge in [0.1, 0.15) is 4.32 Å². The molecule has 1 aliphatic carbocycles. The highest BCUT2D eigenvalue weighted by molar-refractivity contribution is 8.24. The maximum Gasteiger partial charge on any atom is 0.196 e. The van der Waals surface area contributed by atoms with E-state index in [2.05, 4.69) is 0 Å². The molecule has 0 spiro atoms. The van der Waals surface area contributed by atoms with Crippen LogP contribution >= 0.6 is 24.0 Å². The van der Waals surface area contributed by atoms with E-state index in [1.54, 1.807) is 47.4 Å². The monoisotopic (exact) mass is 429 g/mol. The molecule has 2 unspecified atom stereocenters. The molecular formula is C20H15NO4S3. The molecular weight excluding hydrogens is 414 g/mol. The Morgan fingerprint density at radius 1 is 1.04 bits per heavy atom. The Bertz CT molecular complexity index is 1200. The van der Waals surface area contributed by atoms with Crippen LogP contribution in [-0.2, 0) is 9.84 Å². The van der Waals surface area contributed by atoms with Crippen LogP contribution in [0.3, 0.4) is 0 Å². The lowest BCUT2D eigenvalue weighted by Gasteiger charge is -2.36. The van der Waals surface area contributed by atoms with Gasteiger partial charge in [0.05, 0.1) is 33.5 Å². The van der Waals surface area contributed by atoms with E-state index in [-0.39, 0.29) is 28.3 Å². The van der Waals surface area contributed by atoms with Crippen molar-refractivity contribution in [3.05, 3.63) is 64.7 Å². The van der Waals surface area contributed by atoms with E-state index in [4.69, 9.17) is 12.2 Å². The summed E-state index contributed by atoms with van der Waals surface area (Å²) in [6.07, 6.45) is 0. The minimum absolute atomic E-state index is 0.0276. The van der Waals surface area contributed by atoms with Crippen molar-refractivity contribution < 1.29 is 18.0 Å². The summed E-state index contributed by atoms with van der Waals surface area (Å²) in [5, 5.41) is -0.192. The predicted octanol–water partition coefficient (Wildman–Crippen LogP) is 2.86. The highest BCUT2D eigenvalue weighted by Crippen LogP contribution is 2.49. The Kier molecular flexibility index (Phi) is 3.70. The van der Waals surface area contributed by atoms with Gasteiger partial charge >= 0.3 is 0 Å². The minimum Gasteiger partial charge on any atom is -0.318 e. The van der Waals surface area contributed by atoms with Gasteiger partial charge in [-0.25, -0.2) is 8.42 Å². The maximum absolute atomic E-state index is 13.3. The topological polar surface area (TPSA) is 71.5 Å². The van der Waals surface area contributed by atoms with E-state index in [1.807, 2.05) is 6.92 Å². The second-order valence-electron chi connectivity index (χ2n) is 7.52. The first-order valence-corrected chi connectivity index (χ1v) is 11.9. The van der Waals surface area contributed by atoms with E-state index in [9.17, 15) is 18.0 Å². The Hall–Kier alpha value is -2.03. The average Bonchev–Trinajstić information content (AvgIpc) is 3.01. The number of hydrogen-bond donors (Lipinski definition) is 0. The molecule has 8 heteroatoms. The van der Waals surface area contributed by atoms with E-state index in [0.29, 0.717) is 32.3 Å². The Balaban J connectivity index is 1.73. The van der Waals surface area contributed by atoms with E-state index >= 15 is 0 Å². The molecule has 5 rings (SSSR count). The summed E-state index contributed by atoms with van der Waals surface area (Å²) in [5.41, 5.74) is 1.18. The molecule has 0 N–H and O–H groups in total. The van der Waals surface area contributed by atoms with Crippen LogP contribution in [0.2, 0.25) is 0 Å². The van der Waals surface area contributed by atoms with Crippen molar-refractivity contribution in [2.45, 2.75) is 17.7 Å². The third kappa shape index (κ3) is 2.31. The van der Waals surface area contributed by atoms with E-state index in [1.165, 1.54) is 11.8 Å².